The number of carbonyl (C=O) groups excluding carboxylic acids is 1. The minimum absolute atomic E-state index is 0.0248. The summed E-state index contributed by atoms with van der Waals surface area (Å²) in [7, 11) is 0. The highest BCUT2D eigenvalue weighted by Gasteiger charge is 2.07. The van der Waals surface area contributed by atoms with Crippen LogP contribution in [0.15, 0.2) is 48.8 Å². The van der Waals surface area contributed by atoms with Gasteiger partial charge in [-0.15, -0.1) is 0 Å². The number of imidazole rings is 1. The molecule has 0 bridgehead atoms. The number of benzene rings is 2. The van der Waals surface area contributed by atoms with Gasteiger partial charge < -0.3 is 9.88 Å². The predicted octanol–water partition coefficient (Wildman–Crippen LogP) is 4.03. The quantitative estimate of drug-likeness (QED) is 0.790. The Kier molecular flexibility index (Phi) is 4.11. The Hall–Kier alpha value is -2.33. The van der Waals surface area contributed by atoms with Crippen molar-refractivity contribution < 1.29 is 4.79 Å². The van der Waals surface area contributed by atoms with Gasteiger partial charge in [0.25, 0.3) is 0 Å². The van der Waals surface area contributed by atoms with Crippen molar-refractivity contribution in [3.63, 3.8) is 0 Å². The molecule has 0 unspecified atom stereocenters. The molecule has 112 valence electrons. The number of hydrogen-bond donors (Lipinski definition) is 1. The van der Waals surface area contributed by atoms with Crippen LogP contribution in [0, 0.1) is 6.92 Å². The van der Waals surface area contributed by atoms with Gasteiger partial charge in [0.2, 0.25) is 5.91 Å². The third-order valence-corrected chi connectivity index (χ3v) is 3.80. The van der Waals surface area contributed by atoms with E-state index in [4.69, 9.17) is 11.6 Å². The van der Waals surface area contributed by atoms with E-state index in [0.29, 0.717) is 18.0 Å². The number of anilines is 1. The molecule has 2 aromatic carbocycles. The molecule has 0 spiro atoms. The van der Waals surface area contributed by atoms with E-state index in [2.05, 4.69) is 10.3 Å². The highest BCUT2D eigenvalue weighted by atomic mass is 35.5. The van der Waals surface area contributed by atoms with E-state index in [1.54, 1.807) is 12.4 Å². The van der Waals surface area contributed by atoms with Crippen LogP contribution in [0.1, 0.15) is 12.0 Å². The lowest BCUT2D eigenvalue weighted by molar-refractivity contribution is -0.116. The van der Waals surface area contributed by atoms with Crippen LogP contribution in [0.25, 0.3) is 11.0 Å². The molecule has 4 nitrogen and oxygen atoms in total. The fraction of sp³-hybridized carbons (Fsp3) is 0.176. The highest BCUT2D eigenvalue weighted by molar-refractivity contribution is 6.30. The smallest absolute Gasteiger partial charge is 0.226 e. The molecule has 0 saturated heterocycles. The molecule has 22 heavy (non-hydrogen) atoms. The minimum atomic E-state index is -0.0248. The van der Waals surface area contributed by atoms with Gasteiger partial charge in [-0.1, -0.05) is 23.7 Å². The summed E-state index contributed by atoms with van der Waals surface area (Å²) in [6, 6.07) is 13.3. The Bertz CT molecular complexity index is 826. The Balaban J connectivity index is 1.65. The van der Waals surface area contributed by atoms with E-state index in [-0.39, 0.29) is 5.91 Å². The normalized spacial score (nSPS) is 10.8. The molecule has 0 fully saturated rings. The number of hydrogen-bond acceptors (Lipinski definition) is 2. The van der Waals surface area contributed by atoms with Crippen molar-refractivity contribution >= 4 is 34.2 Å². The average molecular weight is 314 g/mol. The van der Waals surface area contributed by atoms with Crippen LogP contribution in [0.3, 0.4) is 0 Å². The lowest BCUT2D eigenvalue weighted by Crippen LogP contribution is -2.14. The maximum atomic E-state index is 12.1. The Morgan fingerprint density at radius 2 is 2.09 bits per heavy atom. The number of rotatable bonds is 4. The Labute approximate surface area is 133 Å². The molecule has 1 heterocycles. The number of halogens is 1. The van der Waals surface area contributed by atoms with Crippen molar-refractivity contribution in [1.82, 2.24) is 9.55 Å². The first-order valence-corrected chi connectivity index (χ1v) is 7.47. The SMILES string of the molecule is Cc1cc(Cl)ccc1NC(=O)CCn1cnc2ccccc21. The molecular formula is C17H16ClN3O. The molecule has 3 aromatic rings. The maximum Gasteiger partial charge on any atom is 0.226 e. The van der Waals surface area contributed by atoms with Crippen molar-refractivity contribution in [1.29, 1.82) is 0 Å². The van der Waals surface area contributed by atoms with Crippen LogP contribution in [0.4, 0.5) is 5.69 Å². The van der Waals surface area contributed by atoms with Gasteiger partial charge in [-0.25, -0.2) is 4.98 Å². The van der Waals surface area contributed by atoms with Gasteiger partial charge in [0.1, 0.15) is 0 Å². The molecule has 1 aromatic heterocycles. The van der Waals surface area contributed by atoms with Gasteiger partial charge in [0.05, 0.1) is 17.4 Å². The molecular weight excluding hydrogens is 298 g/mol. The van der Waals surface area contributed by atoms with Gasteiger partial charge in [0.15, 0.2) is 0 Å². The molecule has 0 atom stereocenters. The monoisotopic (exact) mass is 313 g/mol. The molecule has 0 aliphatic heterocycles. The second kappa shape index (κ2) is 6.20. The molecule has 1 N–H and O–H groups in total. The summed E-state index contributed by atoms with van der Waals surface area (Å²) in [5, 5.41) is 3.58. The topological polar surface area (TPSA) is 46.9 Å². The summed E-state index contributed by atoms with van der Waals surface area (Å²) in [5.74, 6) is -0.0248. The van der Waals surface area contributed by atoms with Gasteiger partial charge in [-0.2, -0.15) is 0 Å². The minimum Gasteiger partial charge on any atom is -0.330 e. The molecule has 3 rings (SSSR count). The molecule has 0 saturated carbocycles. The highest BCUT2D eigenvalue weighted by Crippen LogP contribution is 2.20. The zero-order valence-corrected chi connectivity index (χ0v) is 13.0. The number of carbonyl (C=O) groups is 1. The zero-order valence-electron chi connectivity index (χ0n) is 12.2. The molecule has 0 aliphatic rings. The number of nitrogens with zero attached hydrogens (tertiary/aromatic N) is 2. The molecule has 1 amide bonds. The predicted molar refractivity (Wildman–Crippen MR) is 89.2 cm³/mol. The van der Waals surface area contributed by atoms with E-state index in [9.17, 15) is 4.79 Å². The fourth-order valence-electron chi connectivity index (χ4n) is 2.39. The summed E-state index contributed by atoms with van der Waals surface area (Å²) < 4.78 is 1.99. The second-order valence-corrected chi connectivity index (χ2v) is 5.62. The molecule has 0 radical (unpaired) electrons. The van der Waals surface area contributed by atoms with Crippen LogP contribution in [0.5, 0.6) is 0 Å². The maximum absolute atomic E-state index is 12.1. The second-order valence-electron chi connectivity index (χ2n) is 5.18. The van der Waals surface area contributed by atoms with Crippen LogP contribution in [-0.2, 0) is 11.3 Å². The number of amides is 1. The third-order valence-electron chi connectivity index (χ3n) is 3.57. The van der Waals surface area contributed by atoms with Gasteiger partial charge in [0, 0.05) is 23.7 Å². The van der Waals surface area contributed by atoms with E-state index in [1.165, 1.54) is 0 Å². The van der Waals surface area contributed by atoms with Crippen molar-refractivity contribution in [3.8, 4) is 0 Å². The van der Waals surface area contributed by atoms with Crippen molar-refractivity contribution in [3.05, 3.63) is 59.4 Å². The summed E-state index contributed by atoms with van der Waals surface area (Å²) in [6.07, 6.45) is 2.16. The van der Waals surface area contributed by atoms with Crippen LogP contribution in [0.2, 0.25) is 5.02 Å². The van der Waals surface area contributed by atoms with E-state index in [1.807, 2.05) is 47.9 Å². The molecule has 0 aliphatic carbocycles. The van der Waals surface area contributed by atoms with Gasteiger partial charge >= 0.3 is 0 Å². The summed E-state index contributed by atoms with van der Waals surface area (Å²) in [5.41, 5.74) is 3.73. The van der Waals surface area contributed by atoms with E-state index >= 15 is 0 Å². The standard InChI is InChI=1S/C17H16ClN3O/c1-12-10-13(18)6-7-14(12)20-17(22)8-9-21-11-19-15-4-2-3-5-16(15)21/h2-7,10-11H,8-9H2,1H3,(H,20,22). The number of fused-ring (bicyclic) bond motifs is 1. The van der Waals surface area contributed by atoms with Crippen LogP contribution < -0.4 is 5.32 Å². The first-order chi connectivity index (χ1) is 10.6. The number of aryl methyl sites for hydroxylation is 2. The van der Waals surface area contributed by atoms with Crippen LogP contribution >= 0.6 is 11.6 Å². The third kappa shape index (κ3) is 3.12. The summed E-state index contributed by atoms with van der Waals surface area (Å²) in [6.45, 7) is 2.52. The Morgan fingerprint density at radius 1 is 1.27 bits per heavy atom. The lowest BCUT2D eigenvalue weighted by atomic mass is 10.2. The van der Waals surface area contributed by atoms with E-state index in [0.717, 1.165) is 22.3 Å². The van der Waals surface area contributed by atoms with Crippen molar-refractivity contribution in [2.45, 2.75) is 19.9 Å². The first kappa shape index (κ1) is 14.6. The number of para-hydroxylation sites is 2. The number of aromatic nitrogens is 2. The van der Waals surface area contributed by atoms with Crippen molar-refractivity contribution in [2.24, 2.45) is 0 Å². The largest absolute Gasteiger partial charge is 0.330 e. The zero-order chi connectivity index (χ0) is 15.5. The summed E-state index contributed by atoms with van der Waals surface area (Å²) in [4.78, 5) is 16.4. The fourth-order valence-corrected chi connectivity index (χ4v) is 2.62. The van der Waals surface area contributed by atoms with E-state index < -0.39 is 0 Å². The number of nitrogens with one attached hydrogen (secondary N) is 1. The first-order valence-electron chi connectivity index (χ1n) is 7.09. The van der Waals surface area contributed by atoms with Crippen LogP contribution in [-0.4, -0.2) is 15.5 Å². The molecule has 5 heteroatoms. The van der Waals surface area contributed by atoms with Crippen molar-refractivity contribution in [2.75, 3.05) is 5.32 Å². The Morgan fingerprint density at radius 3 is 2.91 bits per heavy atom. The van der Waals surface area contributed by atoms with Gasteiger partial charge in [-0.05, 0) is 42.8 Å². The average Bonchev–Trinajstić information content (AvgIpc) is 2.91. The lowest BCUT2D eigenvalue weighted by Gasteiger charge is -2.09. The summed E-state index contributed by atoms with van der Waals surface area (Å²) >= 11 is 5.91. The van der Waals surface area contributed by atoms with Gasteiger partial charge in [-0.3, -0.25) is 4.79 Å².